The molecule has 3 aromatic rings. The Hall–Kier alpha value is -2.42. The van der Waals surface area contributed by atoms with E-state index in [1.165, 1.54) is 21.7 Å². The minimum absolute atomic E-state index is 0.179. The molecule has 0 aliphatic carbocycles. The highest BCUT2D eigenvalue weighted by molar-refractivity contribution is 7.89. The van der Waals surface area contributed by atoms with Crippen molar-refractivity contribution in [1.29, 1.82) is 0 Å². The zero-order chi connectivity index (χ0) is 18.7. The number of rotatable bonds is 6. The molecule has 0 saturated carbocycles. The SMILES string of the molecule is O=S(=O)(c1ccc2c(c1)OCCO2)N(Cc1ccsc1)Cc1ccccn1. The van der Waals surface area contributed by atoms with Gasteiger partial charge in [0.25, 0.3) is 0 Å². The van der Waals surface area contributed by atoms with Crippen molar-refractivity contribution in [3.05, 3.63) is 70.7 Å². The molecule has 1 aliphatic rings. The first kappa shape index (κ1) is 18.0. The predicted octanol–water partition coefficient (Wildman–Crippen LogP) is 3.31. The lowest BCUT2D eigenvalue weighted by Crippen LogP contribution is -2.30. The maximum Gasteiger partial charge on any atom is 0.243 e. The lowest BCUT2D eigenvalue weighted by Gasteiger charge is -2.23. The summed E-state index contributed by atoms with van der Waals surface area (Å²) < 4.78 is 39.2. The lowest BCUT2D eigenvalue weighted by molar-refractivity contribution is 0.171. The molecule has 0 spiro atoms. The number of sulfonamides is 1. The number of fused-ring (bicyclic) bond motifs is 1. The second kappa shape index (κ2) is 7.67. The Kier molecular flexibility index (Phi) is 5.11. The van der Waals surface area contributed by atoms with E-state index in [0.717, 1.165) is 5.56 Å². The molecule has 0 amide bonds. The van der Waals surface area contributed by atoms with Crippen molar-refractivity contribution >= 4 is 21.4 Å². The van der Waals surface area contributed by atoms with Gasteiger partial charge >= 0.3 is 0 Å². The molecule has 8 heteroatoms. The summed E-state index contributed by atoms with van der Waals surface area (Å²) in [5, 5.41) is 3.88. The topological polar surface area (TPSA) is 68.7 Å². The summed E-state index contributed by atoms with van der Waals surface area (Å²) in [5.41, 5.74) is 1.63. The Morgan fingerprint density at radius 2 is 1.89 bits per heavy atom. The Bertz CT molecular complexity index is 1010. The normalized spacial score (nSPS) is 13.7. The third-order valence-electron chi connectivity index (χ3n) is 4.15. The molecule has 4 rings (SSSR count). The molecule has 2 aromatic heterocycles. The highest BCUT2D eigenvalue weighted by Crippen LogP contribution is 2.33. The summed E-state index contributed by atoms with van der Waals surface area (Å²) >= 11 is 1.54. The molecule has 0 unspecified atom stereocenters. The van der Waals surface area contributed by atoms with Crippen LogP contribution >= 0.6 is 11.3 Å². The van der Waals surface area contributed by atoms with E-state index in [2.05, 4.69) is 4.98 Å². The van der Waals surface area contributed by atoms with Crippen molar-refractivity contribution < 1.29 is 17.9 Å². The van der Waals surface area contributed by atoms with Gasteiger partial charge in [-0.3, -0.25) is 4.98 Å². The monoisotopic (exact) mass is 402 g/mol. The van der Waals surface area contributed by atoms with E-state index >= 15 is 0 Å². The first-order valence-electron chi connectivity index (χ1n) is 8.44. The van der Waals surface area contributed by atoms with Crippen LogP contribution in [0.1, 0.15) is 11.3 Å². The van der Waals surface area contributed by atoms with Gasteiger partial charge in [-0.1, -0.05) is 6.07 Å². The average Bonchev–Trinajstić information content (AvgIpc) is 3.21. The molecular formula is C19H18N2O4S2. The van der Waals surface area contributed by atoms with E-state index < -0.39 is 10.0 Å². The molecule has 0 bridgehead atoms. The van der Waals surface area contributed by atoms with Crippen molar-refractivity contribution in [1.82, 2.24) is 9.29 Å². The second-order valence-electron chi connectivity index (χ2n) is 6.03. The van der Waals surface area contributed by atoms with Gasteiger partial charge in [0.05, 0.1) is 17.1 Å². The maximum absolute atomic E-state index is 13.4. The zero-order valence-corrected chi connectivity index (χ0v) is 16.1. The van der Waals surface area contributed by atoms with E-state index in [0.29, 0.717) is 30.4 Å². The molecule has 6 nitrogen and oxygen atoms in total. The first-order valence-corrected chi connectivity index (χ1v) is 10.8. The zero-order valence-electron chi connectivity index (χ0n) is 14.4. The number of hydrogen-bond donors (Lipinski definition) is 0. The number of pyridine rings is 1. The number of ether oxygens (including phenoxy) is 2. The summed E-state index contributed by atoms with van der Waals surface area (Å²) in [7, 11) is -3.75. The molecule has 1 aromatic carbocycles. The Balaban J connectivity index is 1.68. The highest BCUT2D eigenvalue weighted by Gasteiger charge is 2.27. The largest absolute Gasteiger partial charge is 0.486 e. The van der Waals surface area contributed by atoms with E-state index in [9.17, 15) is 8.42 Å². The van der Waals surface area contributed by atoms with Crippen molar-refractivity contribution in [2.75, 3.05) is 13.2 Å². The lowest BCUT2D eigenvalue weighted by atomic mass is 10.3. The minimum Gasteiger partial charge on any atom is -0.486 e. The molecule has 0 atom stereocenters. The van der Waals surface area contributed by atoms with Crippen molar-refractivity contribution in [3.8, 4) is 11.5 Å². The summed E-state index contributed by atoms with van der Waals surface area (Å²) in [5.74, 6) is 1.02. The third kappa shape index (κ3) is 3.97. The Morgan fingerprint density at radius 1 is 1.04 bits per heavy atom. The standard InChI is InChI=1S/C19H18N2O4S2/c22-27(23,17-4-5-18-19(11-17)25-9-8-24-18)21(12-15-6-10-26-14-15)13-16-3-1-2-7-20-16/h1-7,10-11,14H,8-9,12-13H2. The number of thiophene rings is 1. The minimum atomic E-state index is -3.75. The van der Waals surface area contributed by atoms with Crippen LogP contribution in [0.2, 0.25) is 0 Å². The van der Waals surface area contributed by atoms with Gasteiger partial charge in [0.2, 0.25) is 10.0 Å². The Labute approximate surface area is 162 Å². The van der Waals surface area contributed by atoms with Crippen LogP contribution in [-0.4, -0.2) is 30.9 Å². The van der Waals surface area contributed by atoms with Gasteiger partial charge < -0.3 is 9.47 Å². The van der Waals surface area contributed by atoms with Crippen molar-refractivity contribution in [2.45, 2.75) is 18.0 Å². The first-order chi connectivity index (χ1) is 13.1. The van der Waals surface area contributed by atoms with Gasteiger partial charge in [-0.05, 0) is 46.7 Å². The van der Waals surface area contributed by atoms with Crippen LogP contribution in [-0.2, 0) is 23.1 Å². The van der Waals surface area contributed by atoms with Crippen molar-refractivity contribution in [3.63, 3.8) is 0 Å². The van der Waals surface area contributed by atoms with Gasteiger partial charge in [-0.25, -0.2) is 8.42 Å². The fourth-order valence-electron chi connectivity index (χ4n) is 2.82. The smallest absolute Gasteiger partial charge is 0.243 e. The fourth-order valence-corrected chi connectivity index (χ4v) is 4.89. The van der Waals surface area contributed by atoms with Crippen LogP contribution in [0.4, 0.5) is 0 Å². The average molecular weight is 402 g/mol. The van der Waals surface area contributed by atoms with Crippen molar-refractivity contribution in [2.24, 2.45) is 0 Å². The van der Waals surface area contributed by atoms with Crippen LogP contribution in [0.25, 0.3) is 0 Å². The van der Waals surface area contributed by atoms with Crippen LogP contribution in [0.5, 0.6) is 11.5 Å². The Morgan fingerprint density at radius 3 is 2.63 bits per heavy atom. The van der Waals surface area contributed by atoms with Gasteiger partial charge in [0, 0.05) is 18.8 Å². The number of benzene rings is 1. The molecule has 0 N–H and O–H groups in total. The highest BCUT2D eigenvalue weighted by atomic mass is 32.2. The number of nitrogens with zero attached hydrogens (tertiary/aromatic N) is 2. The number of aromatic nitrogens is 1. The molecule has 0 saturated heterocycles. The fraction of sp³-hybridized carbons (Fsp3) is 0.211. The molecule has 0 fully saturated rings. The van der Waals surface area contributed by atoms with Gasteiger partial charge in [0.15, 0.2) is 11.5 Å². The van der Waals surface area contributed by atoms with Crippen LogP contribution in [0, 0.1) is 0 Å². The van der Waals surface area contributed by atoms with Gasteiger partial charge in [-0.15, -0.1) is 0 Å². The van der Waals surface area contributed by atoms with E-state index in [-0.39, 0.29) is 18.0 Å². The summed E-state index contributed by atoms with van der Waals surface area (Å²) in [4.78, 5) is 4.46. The van der Waals surface area contributed by atoms with Crippen LogP contribution in [0.3, 0.4) is 0 Å². The quantitative estimate of drug-likeness (QED) is 0.633. The molecule has 3 heterocycles. The summed E-state index contributed by atoms with van der Waals surface area (Å²) in [6, 6.07) is 12.1. The van der Waals surface area contributed by atoms with E-state index in [4.69, 9.17) is 9.47 Å². The molecule has 1 aliphatic heterocycles. The van der Waals surface area contributed by atoms with Gasteiger partial charge in [-0.2, -0.15) is 15.6 Å². The molecule has 27 heavy (non-hydrogen) atoms. The van der Waals surface area contributed by atoms with Crippen LogP contribution < -0.4 is 9.47 Å². The maximum atomic E-state index is 13.4. The second-order valence-corrected chi connectivity index (χ2v) is 8.75. The van der Waals surface area contributed by atoms with Gasteiger partial charge in [0.1, 0.15) is 13.2 Å². The summed E-state index contributed by atoms with van der Waals surface area (Å²) in [6.07, 6.45) is 1.66. The summed E-state index contributed by atoms with van der Waals surface area (Å²) in [6.45, 7) is 1.33. The van der Waals surface area contributed by atoms with E-state index in [1.807, 2.05) is 35.0 Å². The predicted molar refractivity (Wildman–Crippen MR) is 102 cm³/mol. The van der Waals surface area contributed by atoms with E-state index in [1.54, 1.807) is 18.3 Å². The number of hydrogen-bond acceptors (Lipinski definition) is 6. The molecular weight excluding hydrogens is 384 g/mol. The van der Waals surface area contributed by atoms with Crippen LogP contribution in [0.15, 0.2) is 64.3 Å². The molecule has 0 radical (unpaired) electrons. The molecule has 140 valence electrons. The third-order valence-corrected chi connectivity index (χ3v) is 6.67.